The van der Waals surface area contributed by atoms with Gasteiger partial charge in [-0.3, -0.25) is 9.59 Å². The first-order chi connectivity index (χ1) is 12.1. The molecule has 1 heterocycles. The van der Waals surface area contributed by atoms with E-state index in [2.05, 4.69) is 10.6 Å². The van der Waals surface area contributed by atoms with E-state index in [9.17, 15) is 9.59 Å². The molecule has 2 N–H and O–H groups in total. The van der Waals surface area contributed by atoms with Gasteiger partial charge in [0.15, 0.2) is 0 Å². The Hall–Kier alpha value is -2.18. The lowest BCUT2D eigenvalue weighted by atomic mass is 10.2. The van der Waals surface area contributed by atoms with Crippen LogP contribution in [0.25, 0.3) is 0 Å². The summed E-state index contributed by atoms with van der Waals surface area (Å²) in [5.74, 6) is 0.330. The van der Waals surface area contributed by atoms with Crippen molar-refractivity contribution in [2.45, 2.75) is 16.6 Å². The number of carbonyl (C=O) groups is 2. The average Bonchev–Trinajstić information content (AvgIpc) is 2.59. The number of anilines is 1. The van der Waals surface area contributed by atoms with Crippen LogP contribution in [0.2, 0.25) is 5.02 Å². The molecule has 0 spiro atoms. The first-order valence-corrected chi connectivity index (χ1v) is 9.09. The highest BCUT2D eigenvalue weighted by atomic mass is 35.5. The first-order valence-electron chi connectivity index (χ1n) is 7.83. The van der Waals surface area contributed by atoms with Gasteiger partial charge in [0.05, 0.1) is 17.5 Å². The van der Waals surface area contributed by atoms with Gasteiger partial charge in [-0.05, 0) is 30.3 Å². The fourth-order valence-corrected chi connectivity index (χ4v) is 3.67. The Labute approximate surface area is 155 Å². The minimum Gasteiger partial charge on any atom is -0.492 e. The lowest BCUT2D eigenvalue weighted by molar-refractivity contribution is -0.124. The van der Waals surface area contributed by atoms with Crippen LogP contribution in [0.5, 0.6) is 5.75 Å². The van der Waals surface area contributed by atoms with Gasteiger partial charge in [-0.15, -0.1) is 11.8 Å². The van der Waals surface area contributed by atoms with Gasteiger partial charge in [0, 0.05) is 16.3 Å². The maximum absolute atomic E-state index is 12.1. The van der Waals surface area contributed by atoms with Gasteiger partial charge >= 0.3 is 0 Å². The molecule has 2 aromatic rings. The predicted octanol–water partition coefficient (Wildman–Crippen LogP) is 3.34. The molecule has 0 radical (unpaired) electrons. The van der Waals surface area contributed by atoms with Crippen LogP contribution in [-0.4, -0.2) is 30.2 Å². The summed E-state index contributed by atoms with van der Waals surface area (Å²) in [6, 6.07) is 14.6. The minimum absolute atomic E-state index is 0.127. The van der Waals surface area contributed by atoms with E-state index in [0.29, 0.717) is 23.9 Å². The van der Waals surface area contributed by atoms with E-state index in [-0.39, 0.29) is 18.2 Å². The molecule has 1 atom stereocenters. The highest BCUT2D eigenvalue weighted by Gasteiger charge is 2.28. The Morgan fingerprint density at radius 3 is 2.92 bits per heavy atom. The Balaban J connectivity index is 1.43. The third-order valence-electron chi connectivity index (χ3n) is 3.57. The Kier molecular flexibility index (Phi) is 5.83. The number of halogens is 1. The molecule has 1 aliphatic heterocycles. The van der Waals surface area contributed by atoms with Crippen LogP contribution < -0.4 is 15.4 Å². The molecule has 0 saturated heterocycles. The van der Waals surface area contributed by atoms with E-state index in [4.69, 9.17) is 16.3 Å². The number of rotatable bonds is 6. The van der Waals surface area contributed by atoms with Crippen LogP contribution in [0.15, 0.2) is 53.4 Å². The molecule has 1 unspecified atom stereocenters. The molecule has 0 fully saturated rings. The monoisotopic (exact) mass is 376 g/mol. The Morgan fingerprint density at radius 2 is 2.08 bits per heavy atom. The molecule has 2 aromatic carbocycles. The number of ether oxygens (including phenoxy) is 1. The maximum Gasteiger partial charge on any atom is 0.238 e. The van der Waals surface area contributed by atoms with Crippen molar-refractivity contribution in [1.29, 1.82) is 0 Å². The van der Waals surface area contributed by atoms with E-state index in [1.807, 2.05) is 24.3 Å². The van der Waals surface area contributed by atoms with E-state index < -0.39 is 5.25 Å². The molecule has 7 heteroatoms. The third kappa shape index (κ3) is 4.90. The van der Waals surface area contributed by atoms with Crippen LogP contribution in [0.4, 0.5) is 5.69 Å². The summed E-state index contributed by atoms with van der Waals surface area (Å²) in [5.41, 5.74) is 0.795. The predicted molar refractivity (Wildman–Crippen MR) is 99.3 cm³/mol. The number of hydrogen-bond donors (Lipinski definition) is 2. The minimum atomic E-state index is -0.427. The molecule has 0 bridgehead atoms. The normalized spacial score (nSPS) is 15.9. The average molecular weight is 377 g/mol. The molecule has 130 valence electrons. The van der Waals surface area contributed by atoms with Crippen molar-refractivity contribution >= 4 is 40.9 Å². The maximum atomic E-state index is 12.1. The summed E-state index contributed by atoms with van der Waals surface area (Å²) in [7, 11) is 0. The van der Waals surface area contributed by atoms with Gasteiger partial charge in [-0.25, -0.2) is 0 Å². The zero-order chi connectivity index (χ0) is 17.6. The fraction of sp³-hybridized carbons (Fsp3) is 0.222. The van der Waals surface area contributed by atoms with Gasteiger partial charge in [0.2, 0.25) is 11.8 Å². The quantitative estimate of drug-likeness (QED) is 0.759. The third-order valence-corrected chi connectivity index (χ3v) is 5.08. The van der Waals surface area contributed by atoms with Crippen LogP contribution in [-0.2, 0) is 9.59 Å². The Bertz CT molecular complexity index is 784. The lowest BCUT2D eigenvalue weighted by Gasteiger charge is -2.23. The van der Waals surface area contributed by atoms with Crippen molar-refractivity contribution in [1.82, 2.24) is 5.32 Å². The molecule has 0 saturated carbocycles. The van der Waals surface area contributed by atoms with Crippen molar-refractivity contribution in [3.8, 4) is 5.75 Å². The second kappa shape index (κ2) is 8.27. The number of amides is 2. The molecule has 2 amide bonds. The van der Waals surface area contributed by atoms with Crippen LogP contribution in [0.3, 0.4) is 0 Å². The zero-order valence-electron chi connectivity index (χ0n) is 13.3. The SMILES string of the molecule is O=C(CC1Sc2ccccc2NC1=O)NCCOc1cccc(Cl)c1. The Morgan fingerprint density at radius 1 is 1.24 bits per heavy atom. The molecular weight excluding hydrogens is 360 g/mol. The van der Waals surface area contributed by atoms with Crippen molar-refractivity contribution in [3.63, 3.8) is 0 Å². The number of benzene rings is 2. The standard InChI is InChI=1S/C18H17ClN2O3S/c19-12-4-3-5-13(10-12)24-9-8-20-17(22)11-16-18(23)21-14-6-1-2-7-15(14)25-16/h1-7,10,16H,8-9,11H2,(H,20,22)(H,21,23). The lowest BCUT2D eigenvalue weighted by Crippen LogP contribution is -2.36. The van der Waals surface area contributed by atoms with Gasteiger partial charge < -0.3 is 15.4 Å². The number of nitrogens with one attached hydrogen (secondary N) is 2. The number of hydrogen-bond acceptors (Lipinski definition) is 4. The largest absolute Gasteiger partial charge is 0.492 e. The summed E-state index contributed by atoms with van der Waals surface area (Å²) in [6.07, 6.45) is 0.127. The smallest absolute Gasteiger partial charge is 0.238 e. The van der Waals surface area contributed by atoms with Crippen molar-refractivity contribution < 1.29 is 14.3 Å². The van der Waals surface area contributed by atoms with E-state index in [1.54, 1.807) is 24.3 Å². The topological polar surface area (TPSA) is 67.4 Å². The number of para-hydroxylation sites is 1. The van der Waals surface area contributed by atoms with Gasteiger partial charge in [-0.1, -0.05) is 29.8 Å². The molecule has 0 aromatic heterocycles. The zero-order valence-corrected chi connectivity index (χ0v) is 14.9. The van der Waals surface area contributed by atoms with E-state index in [1.165, 1.54) is 11.8 Å². The molecule has 0 aliphatic carbocycles. The first kappa shape index (κ1) is 17.6. The molecule has 3 rings (SSSR count). The van der Waals surface area contributed by atoms with Gasteiger partial charge in [0.25, 0.3) is 0 Å². The molecule has 1 aliphatic rings. The van der Waals surface area contributed by atoms with Crippen molar-refractivity contribution in [2.24, 2.45) is 0 Å². The van der Waals surface area contributed by atoms with Crippen LogP contribution in [0, 0.1) is 0 Å². The van der Waals surface area contributed by atoms with Crippen LogP contribution in [0.1, 0.15) is 6.42 Å². The van der Waals surface area contributed by atoms with E-state index >= 15 is 0 Å². The highest BCUT2D eigenvalue weighted by Crippen LogP contribution is 2.36. The molecule has 5 nitrogen and oxygen atoms in total. The van der Waals surface area contributed by atoms with Crippen molar-refractivity contribution in [2.75, 3.05) is 18.5 Å². The second-order valence-corrected chi connectivity index (χ2v) is 7.13. The summed E-state index contributed by atoms with van der Waals surface area (Å²) in [6.45, 7) is 0.694. The van der Waals surface area contributed by atoms with E-state index in [0.717, 1.165) is 10.6 Å². The number of carbonyl (C=O) groups excluding carboxylic acids is 2. The van der Waals surface area contributed by atoms with Crippen molar-refractivity contribution in [3.05, 3.63) is 53.6 Å². The number of fused-ring (bicyclic) bond motifs is 1. The summed E-state index contributed by atoms with van der Waals surface area (Å²) < 4.78 is 5.51. The number of thioether (sulfide) groups is 1. The highest BCUT2D eigenvalue weighted by molar-refractivity contribution is 8.01. The summed E-state index contributed by atoms with van der Waals surface area (Å²) in [5, 5.41) is 5.77. The summed E-state index contributed by atoms with van der Waals surface area (Å²) in [4.78, 5) is 25.1. The van der Waals surface area contributed by atoms with Gasteiger partial charge in [0.1, 0.15) is 12.4 Å². The van der Waals surface area contributed by atoms with Gasteiger partial charge in [-0.2, -0.15) is 0 Å². The second-order valence-electron chi connectivity index (χ2n) is 5.45. The van der Waals surface area contributed by atoms with Crippen LogP contribution >= 0.6 is 23.4 Å². The fourth-order valence-electron chi connectivity index (χ4n) is 2.38. The summed E-state index contributed by atoms with van der Waals surface area (Å²) >= 11 is 7.29. The molecular formula is C18H17ClN2O3S. The molecule has 25 heavy (non-hydrogen) atoms.